The number of para-hydroxylation sites is 1. The Balaban J connectivity index is 1.15. The third-order valence-corrected chi connectivity index (χ3v) is 12.7. The summed E-state index contributed by atoms with van der Waals surface area (Å²) in [6.07, 6.45) is 0. The minimum absolute atomic E-state index is 0.113. The number of thiophene rings is 2. The van der Waals surface area contributed by atoms with E-state index in [9.17, 15) is 21.0 Å². The molecule has 0 radical (unpaired) electrons. The molecular formula is C46H21N5S2. The van der Waals surface area contributed by atoms with Gasteiger partial charge in [-0.05, 0) is 92.0 Å². The van der Waals surface area contributed by atoms with Crippen LogP contribution >= 0.6 is 22.7 Å². The van der Waals surface area contributed by atoms with E-state index in [-0.39, 0.29) is 11.1 Å². The van der Waals surface area contributed by atoms with Crippen molar-refractivity contribution < 1.29 is 0 Å². The first-order chi connectivity index (χ1) is 26.1. The second kappa shape index (κ2) is 11.6. The topological polar surface area (TPSA) is 100 Å². The highest BCUT2D eigenvalue weighted by molar-refractivity contribution is 7.30. The standard InChI is InChI=1S/C46H21N5S2/c47-22-28(23-48)43-35-12-6-4-10-31(35)33-16-14-26(18-37(33)43)41-20-39-45(52-41)46-40(51(39)30-8-2-1-3-9-30)21-42(53-46)27-15-17-34-32-11-5-7-13-36(32)44(38(34)19-27)29(24-49)25-50/h1-21H. The molecule has 0 N–H and O–H groups in total. The molecule has 53 heavy (non-hydrogen) atoms. The van der Waals surface area contributed by atoms with Crippen LogP contribution in [0.2, 0.25) is 0 Å². The van der Waals surface area contributed by atoms with Crippen molar-refractivity contribution in [3.8, 4) is 73.1 Å². The summed E-state index contributed by atoms with van der Waals surface area (Å²) in [6.45, 7) is 0. The van der Waals surface area contributed by atoms with Gasteiger partial charge in [-0.25, -0.2) is 0 Å². The molecule has 5 nitrogen and oxygen atoms in total. The number of aromatic nitrogens is 1. The summed E-state index contributed by atoms with van der Waals surface area (Å²) in [6, 6.07) is 52.0. The summed E-state index contributed by atoms with van der Waals surface area (Å²) in [5.74, 6) is 0. The Hall–Kier alpha value is -7.26. The van der Waals surface area contributed by atoms with Gasteiger partial charge in [-0.3, -0.25) is 0 Å². The SMILES string of the molecule is N#CC(C#N)=C1c2ccccc2-c2ccc(-c3cc4c(s3)c3sc(-c5ccc6c(c5)C(=C(C#N)C#N)c5ccccc5-6)cc3n4-c3ccccc3)cc21. The van der Waals surface area contributed by atoms with Crippen LogP contribution in [-0.4, -0.2) is 4.57 Å². The Kier molecular flexibility index (Phi) is 6.71. The smallest absolute Gasteiger partial charge is 0.138 e. The maximum atomic E-state index is 9.90. The van der Waals surface area contributed by atoms with E-state index in [1.165, 1.54) is 9.40 Å². The summed E-state index contributed by atoms with van der Waals surface area (Å²) in [4.78, 5) is 2.19. The van der Waals surface area contributed by atoms with Gasteiger partial charge in [0.05, 0.1) is 20.4 Å². The quantitative estimate of drug-likeness (QED) is 0.171. The molecule has 2 aliphatic carbocycles. The van der Waals surface area contributed by atoms with Gasteiger partial charge in [0.25, 0.3) is 0 Å². The largest absolute Gasteiger partial charge is 0.307 e. The van der Waals surface area contributed by atoms with Gasteiger partial charge in [0.1, 0.15) is 35.4 Å². The molecule has 0 atom stereocenters. The molecule has 0 spiro atoms. The molecule has 0 unspecified atom stereocenters. The monoisotopic (exact) mass is 707 g/mol. The Labute approximate surface area is 312 Å². The number of hydrogen-bond acceptors (Lipinski definition) is 6. The maximum Gasteiger partial charge on any atom is 0.138 e. The predicted molar refractivity (Wildman–Crippen MR) is 213 cm³/mol. The molecule has 8 aromatic rings. The maximum absolute atomic E-state index is 9.90. The molecule has 0 saturated carbocycles. The zero-order valence-electron chi connectivity index (χ0n) is 27.7. The van der Waals surface area contributed by atoms with Crippen molar-refractivity contribution in [1.29, 1.82) is 21.0 Å². The van der Waals surface area contributed by atoms with E-state index in [4.69, 9.17) is 0 Å². The molecule has 7 heteroatoms. The second-order valence-corrected chi connectivity index (χ2v) is 15.0. The van der Waals surface area contributed by atoms with Crippen molar-refractivity contribution in [3.63, 3.8) is 0 Å². The number of rotatable bonds is 3. The summed E-state index contributed by atoms with van der Waals surface area (Å²) in [7, 11) is 0. The highest BCUT2D eigenvalue weighted by Crippen LogP contribution is 2.51. The van der Waals surface area contributed by atoms with Gasteiger partial charge in [-0.1, -0.05) is 91.0 Å². The molecule has 2 aliphatic rings. The molecule has 0 fully saturated rings. The highest BCUT2D eigenvalue weighted by Gasteiger charge is 2.29. The number of nitrogens with zero attached hydrogens (tertiary/aromatic N) is 5. The Morgan fingerprint density at radius 1 is 0.415 bits per heavy atom. The fourth-order valence-electron chi connectivity index (χ4n) is 7.94. The van der Waals surface area contributed by atoms with Crippen LogP contribution in [0.1, 0.15) is 22.3 Å². The third kappa shape index (κ3) is 4.37. The summed E-state index contributed by atoms with van der Waals surface area (Å²) in [5, 5.41) is 39.6. The molecule has 10 rings (SSSR count). The van der Waals surface area contributed by atoms with E-state index in [0.717, 1.165) is 82.1 Å². The van der Waals surface area contributed by atoms with Gasteiger partial charge in [-0.2, -0.15) is 21.0 Å². The minimum Gasteiger partial charge on any atom is -0.307 e. The third-order valence-electron chi connectivity index (χ3n) is 10.2. The lowest BCUT2D eigenvalue weighted by molar-refractivity contribution is 1.19. The molecule has 0 aliphatic heterocycles. The molecule has 5 aromatic carbocycles. The Morgan fingerprint density at radius 3 is 1.25 bits per heavy atom. The molecule has 0 amide bonds. The molecular weight excluding hydrogens is 687 g/mol. The van der Waals surface area contributed by atoms with Crippen LogP contribution in [0.4, 0.5) is 0 Å². The summed E-state index contributed by atoms with van der Waals surface area (Å²) in [5.41, 5.74) is 14.7. The minimum atomic E-state index is 0.113. The van der Waals surface area contributed by atoms with Crippen molar-refractivity contribution in [2.24, 2.45) is 0 Å². The zero-order chi connectivity index (χ0) is 35.8. The van der Waals surface area contributed by atoms with Crippen molar-refractivity contribution >= 4 is 54.3 Å². The van der Waals surface area contributed by atoms with E-state index >= 15 is 0 Å². The number of nitriles is 4. The highest BCUT2D eigenvalue weighted by atomic mass is 32.1. The van der Waals surface area contributed by atoms with Crippen LogP contribution in [0.25, 0.3) is 80.4 Å². The van der Waals surface area contributed by atoms with Crippen molar-refractivity contribution in [2.45, 2.75) is 0 Å². The average molecular weight is 708 g/mol. The molecule has 3 heterocycles. The first-order valence-corrected chi connectivity index (χ1v) is 18.5. The van der Waals surface area contributed by atoms with Crippen molar-refractivity contribution in [1.82, 2.24) is 4.57 Å². The summed E-state index contributed by atoms with van der Waals surface area (Å²) >= 11 is 3.48. The molecule has 3 aromatic heterocycles. The van der Waals surface area contributed by atoms with E-state index < -0.39 is 0 Å². The van der Waals surface area contributed by atoms with Gasteiger partial charge in [0.15, 0.2) is 0 Å². The molecule has 242 valence electrons. The van der Waals surface area contributed by atoms with Crippen LogP contribution in [0.5, 0.6) is 0 Å². The van der Waals surface area contributed by atoms with Gasteiger partial charge >= 0.3 is 0 Å². The lowest BCUT2D eigenvalue weighted by atomic mass is 9.97. The van der Waals surface area contributed by atoms with Crippen LogP contribution < -0.4 is 0 Å². The summed E-state index contributed by atoms with van der Waals surface area (Å²) < 4.78 is 4.67. The van der Waals surface area contributed by atoms with Crippen molar-refractivity contribution in [3.05, 3.63) is 161 Å². The number of hydrogen-bond donors (Lipinski definition) is 0. The van der Waals surface area contributed by atoms with Crippen molar-refractivity contribution in [2.75, 3.05) is 0 Å². The first-order valence-electron chi connectivity index (χ1n) is 16.8. The number of benzene rings is 5. The van der Waals surface area contributed by atoms with Crippen LogP contribution in [0.3, 0.4) is 0 Å². The Morgan fingerprint density at radius 2 is 0.811 bits per heavy atom. The van der Waals surface area contributed by atoms with Crippen LogP contribution in [-0.2, 0) is 0 Å². The second-order valence-electron chi connectivity index (χ2n) is 12.9. The van der Waals surface area contributed by atoms with E-state index in [1.54, 1.807) is 22.7 Å². The number of fused-ring (bicyclic) bond motifs is 9. The van der Waals surface area contributed by atoms with E-state index in [1.807, 2.05) is 54.6 Å². The zero-order valence-corrected chi connectivity index (χ0v) is 29.3. The number of allylic oxidation sites excluding steroid dienone is 2. The normalized spacial score (nSPS) is 12.0. The predicted octanol–water partition coefficient (Wildman–Crippen LogP) is 11.9. The fourth-order valence-corrected chi connectivity index (χ4v) is 10.4. The van der Waals surface area contributed by atoms with Gasteiger partial charge < -0.3 is 4.57 Å². The first kappa shape index (κ1) is 30.6. The van der Waals surface area contributed by atoms with Crippen LogP contribution in [0.15, 0.2) is 139 Å². The van der Waals surface area contributed by atoms with E-state index in [0.29, 0.717) is 11.1 Å². The molecule has 0 bridgehead atoms. The van der Waals surface area contributed by atoms with Gasteiger partial charge in [0.2, 0.25) is 0 Å². The van der Waals surface area contributed by atoms with E-state index in [2.05, 4.69) is 102 Å². The average Bonchev–Trinajstić information content (AvgIpc) is 4.01. The van der Waals surface area contributed by atoms with Gasteiger partial charge in [0, 0.05) is 26.6 Å². The lowest BCUT2D eigenvalue weighted by Crippen LogP contribution is -1.91. The van der Waals surface area contributed by atoms with Crippen LogP contribution in [0, 0.1) is 45.3 Å². The Bertz CT molecular complexity index is 2930. The fraction of sp³-hybridized carbons (Fsp3) is 0. The molecule has 0 saturated heterocycles. The van der Waals surface area contributed by atoms with Gasteiger partial charge in [-0.15, -0.1) is 22.7 Å². The lowest BCUT2D eigenvalue weighted by Gasteiger charge is -2.07.